The van der Waals surface area contributed by atoms with Gasteiger partial charge in [0.1, 0.15) is 30.2 Å². The van der Waals surface area contributed by atoms with E-state index in [0.717, 1.165) is 5.56 Å². The van der Waals surface area contributed by atoms with Crippen LogP contribution in [0.3, 0.4) is 0 Å². The molecule has 1 aromatic rings. The number of aliphatic carboxylic acids is 1. The van der Waals surface area contributed by atoms with Gasteiger partial charge in [0.15, 0.2) is 0 Å². The fourth-order valence-corrected chi connectivity index (χ4v) is 5.38. The highest BCUT2D eigenvalue weighted by Crippen LogP contribution is 2.11. The van der Waals surface area contributed by atoms with E-state index in [1.54, 1.807) is 52.0 Å². The van der Waals surface area contributed by atoms with Crippen LogP contribution in [0.1, 0.15) is 85.6 Å². The van der Waals surface area contributed by atoms with Gasteiger partial charge in [-0.1, -0.05) is 78.3 Å². The third-order valence-electron chi connectivity index (χ3n) is 8.17. The van der Waals surface area contributed by atoms with E-state index in [-0.39, 0.29) is 31.1 Å². The molecule has 0 spiro atoms. The van der Waals surface area contributed by atoms with E-state index in [2.05, 4.69) is 26.6 Å². The molecule has 6 amide bonds. The van der Waals surface area contributed by atoms with E-state index in [9.17, 15) is 38.7 Å². The zero-order chi connectivity index (χ0) is 39.5. The van der Waals surface area contributed by atoms with Crippen LogP contribution in [-0.4, -0.2) is 89.3 Å². The van der Waals surface area contributed by atoms with E-state index in [0.29, 0.717) is 25.8 Å². The molecule has 0 saturated heterocycles. The molecule has 0 saturated carbocycles. The van der Waals surface area contributed by atoms with Crippen LogP contribution in [0.4, 0.5) is 0 Å². The SMILES string of the molecule is CC(C)C[C@H](NC(=O)[C@@H](NC(=O)[C@H](CC(N)=O)NC(=O)[C@H](CC(C)C)NC(=O)[C@H](Cc1ccccc1)NC(=O)[C@@H](N)CCCCN)C(C)C)C(=O)O. The number of rotatable bonds is 24. The van der Waals surface area contributed by atoms with Gasteiger partial charge in [0.05, 0.1) is 12.5 Å². The van der Waals surface area contributed by atoms with Gasteiger partial charge in [0.2, 0.25) is 35.4 Å². The maximum absolute atomic E-state index is 13.8. The second-order valence-electron chi connectivity index (χ2n) is 14.3. The highest BCUT2D eigenvalue weighted by molar-refractivity contribution is 5.98. The van der Waals surface area contributed by atoms with Crippen LogP contribution in [-0.2, 0) is 40.0 Å². The monoisotopic (exact) mass is 732 g/mol. The first-order valence-corrected chi connectivity index (χ1v) is 17.9. The predicted octanol–water partition coefficient (Wildman–Crippen LogP) is -0.182. The first-order chi connectivity index (χ1) is 24.4. The lowest BCUT2D eigenvalue weighted by Gasteiger charge is -2.28. The number of primary amides is 1. The van der Waals surface area contributed by atoms with E-state index in [1.165, 1.54) is 0 Å². The van der Waals surface area contributed by atoms with E-state index in [1.807, 2.05) is 19.9 Å². The first-order valence-electron chi connectivity index (χ1n) is 17.9. The highest BCUT2D eigenvalue weighted by atomic mass is 16.4. The maximum Gasteiger partial charge on any atom is 0.326 e. The fraction of sp³-hybridized carbons (Fsp3) is 0.639. The van der Waals surface area contributed by atoms with Crippen LogP contribution in [0.15, 0.2) is 30.3 Å². The number of carbonyl (C=O) groups is 7. The van der Waals surface area contributed by atoms with Gasteiger partial charge in [-0.3, -0.25) is 28.8 Å². The Hall–Kier alpha value is -4.57. The first kappa shape index (κ1) is 45.5. The number of unbranched alkanes of at least 4 members (excludes halogenated alkanes) is 1. The van der Waals surface area contributed by atoms with E-state index in [4.69, 9.17) is 17.2 Å². The van der Waals surface area contributed by atoms with Gasteiger partial charge in [-0.2, -0.15) is 0 Å². The van der Waals surface area contributed by atoms with Crippen LogP contribution in [0, 0.1) is 17.8 Å². The Bertz CT molecular complexity index is 1340. The summed E-state index contributed by atoms with van der Waals surface area (Å²) in [5.74, 6) is -6.53. The number of hydrogen-bond donors (Lipinski definition) is 9. The number of carboxylic acid groups (broad SMARTS) is 1. The van der Waals surface area contributed by atoms with Gasteiger partial charge in [-0.15, -0.1) is 0 Å². The number of nitrogens with two attached hydrogens (primary N) is 3. The minimum absolute atomic E-state index is 0.0446. The van der Waals surface area contributed by atoms with Gasteiger partial charge < -0.3 is 48.9 Å². The molecule has 292 valence electrons. The molecule has 0 fully saturated rings. The van der Waals surface area contributed by atoms with Crippen molar-refractivity contribution in [3.8, 4) is 0 Å². The van der Waals surface area contributed by atoms with Crippen molar-refractivity contribution in [3.63, 3.8) is 0 Å². The van der Waals surface area contributed by atoms with E-state index >= 15 is 0 Å². The zero-order valence-electron chi connectivity index (χ0n) is 31.3. The van der Waals surface area contributed by atoms with Crippen molar-refractivity contribution in [2.45, 2.75) is 123 Å². The third kappa shape index (κ3) is 17.1. The summed E-state index contributed by atoms with van der Waals surface area (Å²) in [5, 5.41) is 22.5. The molecule has 0 aliphatic carbocycles. The summed E-state index contributed by atoms with van der Waals surface area (Å²) < 4.78 is 0. The van der Waals surface area contributed by atoms with Gasteiger partial charge in [-0.05, 0) is 55.5 Å². The quantitative estimate of drug-likeness (QED) is 0.0632. The Kier molecular flexibility index (Phi) is 20.2. The van der Waals surface area contributed by atoms with Crippen LogP contribution >= 0.6 is 0 Å². The third-order valence-corrected chi connectivity index (χ3v) is 8.17. The molecule has 0 aromatic heterocycles. The Balaban J connectivity index is 3.27. The summed E-state index contributed by atoms with van der Waals surface area (Å²) in [6, 6.07) is 1.79. The average molecular weight is 733 g/mol. The van der Waals surface area contributed by atoms with Gasteiger partial charge in [-0.25, -0.2) is 4.79 Å². The molecule has 0 bridgehead atoms. The van der Waals surface area contributed by atoms with Crippen molar-refractivity contribution in [2.24, 2.45) is 35.0 Å². The summed E-state index contributed by atoms with van der Waals surface area (Å²) in [4.78, 5) is 90.9. The van der Waals surface area contributed by atoms with Crippen molar-refractivity contribution in [2.75, 3.05) is 6.54 Å². The summed E-state index contributed by atoms with van der Waals surface area (Å²) in [7, 11) is 0. The number of amides is 6. The standard InChI is InChI=1S/C36H60N8O8/c1-20(2)16-25(41-33(48)26(18-23-12-8-7-9-13-23)40-31(46)24(38)14-10-11-15-37)32(47)42-27(19-29(39)45)34(49)44-30(22(5)6)35(50)43-28(36(51)52)17-21(3)4/h7-9,12-13,20-22,24-28,30H,10-11,14-19,37-38H2,1-6H3,(H2,39,45)(H,40,46)(H,41,48)(H,42,47)(H,43,50)(H,44,49)(H,51,52)/t24-,25-,26-,27-,28-,30-/m0/s1. The molecule has 12 N–H and O–H groups in total. The van der Waals surface area contributed by atoms with Crippen molar-refractivity contribution in [1.29, 1.82) is 0 Å². The summed E-state index contributed by atoms with van der Waals surface area (Å²) in [6.07, 6.45) is 1.41. The molecule has 1 rings (SSSR count). The largest absolute Gasteiger partial charge is 0.480 e. The van der Waals surface area contributed by atoms with Crippen LogP contribution in [0.5, 0.6) is 0 Å². The molecule has 6 atom stereocenters. The fourth-order valence-electron chi connectivity index (χ4n) is 5.38. The van der Waals surface area contributed by atoms with Crippen molar-refractivity contribution >= 4 is 41.4 Å². The summed E-state index contributed by atoms with van der Waals surface area (Å²) in [5.41, 5.74) is 17.8. The lowest BCUT2D eigenvalue weighted by Crippen LogP contribution is -2.60. The van der Waals surface area contributed by atoms with Crippen molar-refractivity contribution in [3.05, 3.63) is 35.9 Å². The number of carboxylic acids is 1. The Morgan fingerprint density at radius 2 is 1.15 bits per heavy atom. The van der Waals surface area contributed by atoms with Gasteiger partial charge >= 0.3 is 5.97 Å². The minimum atomic E-state index is -1.54. The molecule has 0 heterocycles. The number of carbonyl (C=O) groups excluding carboxylic acids is 6. The second kappa shape index (κ2) is 23.1. The normalized spacial score (nSPS) is 14.8. The minimum Gasteiger partial charge on any atom is -0.480 e. The maximum atomic E-state index is 13.8. The Morgan fingerprint density at radius 3 is 1.67 bits per heavy atom. The number of benzene rings is 1. The highest BCUT2D eigenvalue weighted by Gasteiger charge is 2.34. The smallest absolute Gasteiger partial charge is 0.326 e. The molecule has 16 heteroatoms. The Labute approximate surface area is 306 Å². The topological polar surface area (TPSA) is 278 Å². The van der Waals surface area contributed by atoms with Crippen LogP contribution < -0.4 is 43.8 Å². The second-order valence-corrected chi connectivity index (χ2v) is 14.3. The summed E-state index contributed by atoms with van der Waals surface area (Å²) >= 11 is 0. The Morgan fingerprint density at radius 1 is 0.654 bits per heavy atom. The molecule has 16 nitrogen and oxygen atoms in total. The lowest BCUT2D eigenvalue weighted by molar-refractivity contribution is -0.143. The molecular formula is C36H60N8O8. The lowest BCUT2D eigenvalue weighted by atomic mass is 9.99. The molecule has 1 aromatic carbocycles. The summed E-state index contributed by atoms with van der Waals surface area (Å²) in [6.45, 7) is 11.0. The molecular weight excluding hydrogens is 672 g/mol. The van der Waals surface area contributed by atoms with Gasteiger partial charge in [0, 0.05) is 6.42 Å². The molecule has 0 unspecified atom stereocenters. The van der Waals surface area contributed by atoms with Crippen LogP contribution in [0.25, 0.3) is 0 Å². The molecule has 0 aliphatic heterocycles. The number of nitrogens with one attached hydrogen (secondary N) is 5. The van der Waals surface area contributed by atoms with Gasteiger partial charge in [0.25, 0.3) is 0 Å². The van der Waals surface area contributed by atoms with Crippen LogP contribution in [0.2, 0.25) is 0 Å². The average Bonchev–Trinajstić information content (AvgIpc) is 3.05. The van der Waals surface area contributed by atoms with E-state index < -0.39 is 90.0 Å². The molecule has 0 radical (unpaired) electrons. The molecule has 0 aliphatic rings. The van der Waals surface area contributed by atoms with Crippen molar-refractivity contribution < 1.29 is 38.7 Å². The zero-order valence-corrected chi connectivity index (χ0v) is 31.3. The predicted molar refractivity (Wildman–Crippen MR) is 196 cm³/mol. The van der Waals surface area contributed by atoms with Crippen molar-refractivity contribution in [1.82, 2.24) is 26.6 Å². The number of hydrogen-bond acceptors (Lipinski definition) is 9. The molecule has 52 heavy (non-hydrogen) atoms.